The summed E-state index contributed by atoms with van der Waals surface area (Å²) >= 11 is 0. The number of anilines is 1. The standard InChI is InChI=1S/C11H13NO3/c1-7-5-8(3-2-4-13)10(12)9(6-7)11(14)15/h2-3,5-6,13H,4,12H2,1H3,(H,14,15). The second-order valence-corrected chi connectivity index (χ2v) is 3.21. The number of hydrogen-bond donors (Lipinski definition) is 3. The summed E-state index contributed by atoms with van der Waals surface area (Å²) in [5.41, 5.74) is 7.42. The lowest BCUT2D eigenvalue weighted by molar-refractivity contribution is 0.0698. The number of nitrogen functional groups attached to an aromatic ring is 1. The Hall–Kier alpha value is -1.81. The maximum Gasteiger partial charge on any atom is 0.337 e. The van der Waals surface area contributed by atoms with Crippen molar-refractivity contribution in [2.24, 2.45) is 0 Å². The number of benzene rings is 1. The molecule has 0 unspecified atom stereocenters. The molecule has 0 saturated carbocycles. The molecule has 0 aliphatic heterocycles. The molecule has 4 heteroatoms. The van der Waals surface area contributed by atoms with Crippen molar-refractivity contribution in [1.29, 1.82) is 0 Å². The quantitative estimate of drug-likeness (QED) is 0.652. The Labute approximate surface area is 87.7 Å². The zero-order valence-corrected chi connectivity index (χ0v) is 8.40. The molecule has 0 aliphatic rings. The lowest BCUT2D eigenvalue weighted by Crippen LogP contribution is -2.04. The zero-order valence-electron chi connectivity index (χ0n) is 8.40. The molecule has 0 amide bonds. The van der Waals surface area contributed by atoms with Gasteiger partial charge in [-0.05, 0) is 30.2 Å². The van der Waals surface area contributed by atoms with E-state index in [2.05, 4.69) is 0 Å². The van der Waals surface area contributed by atoms with E-state index in [-0.39, 0.29) is 17.9 Å². The predicted octanol–water partition coefficient (Wildman–Crippen LogP) is 1.28. The van der Waals surface area contributed by atoms with Gasteiger partial charge in [-0.1, -0.05) is 12.2 Å². The Balaban J connectivity index is 3.28. The third kappa shape index (κ3) is 2.57. The van der Waals surface area contributed by atoms with Gasteiger partial charge >= 0.3 is 5.97 Å². The predicted molar refractivity (Wildman–Crippen MR) is 58.7 cm³/mol. The van der Waals surface area contributed by atoms with Gasteiger partial charge in [0.05, 0.1) is 17.9 Å². The number of nitrogens with two attached hydrogens (primary N) is 1. The summed E-state index contributed by atoms with van der Waals surface area (Å²) in [5.74, 6) is -1.05. The van der Waals surface area contributed by atoms with Crippen LogP contribution in [0.3, 0.4) is 0 Å². The van der Waals surface area contributed by atoms with Gasteiger partial charge in [0.15, 0.2) is 0 Å². The Kier molecular flexibility index (Phi) is 3.46. The van der Waals surface area contributed by atoms with Crippen molar-refractivity contribution in [2.45, 2.75) is 6.92 Å². The minimum absolute atomic E-state index is 0.0904. The van der Waals surface area contributed by atoms with Crippen molar-refractivity contribution in [2.75, 3.05) is 12.3 Å². The largest absolute Gasteiger partial charge is 0.478 e. The Morgan fingerprint density at radius 1 is 1.53 bits per heavy atom. The van der Waals surface area contributed by atoms with Crippen molar-refractivity contribution in [3.63, 3.8) is 0 Å². The van der Waals surface area contributed by atoms with Crippen molar-refractivity contribution < 1.29 is 15.0 Å². The summed E-state index contributed by atoms with van der Waals surface area (Å²) in [6.07, 6.45) is 3.12. The van der Waals surface area contributed by atoms with Crippen LogP contribution in [0.2, 0.25) is 0 Å². The van der Waals surface area contributed by atoms with E-state index >= 15 is 0 Å². The molecule has 4 N–H and O–H groups in total. The van der Waals surface area contributed by atoms with Crippen LogP contribution in [-0.4, -0.2) is 22.8 Å². The van der Waals surface area contributed by atoms with Crippen molar-refractivity contribution in [3.05, 3.63) is 34.9 Å². The lowest BCUT2D eigenvalue weighted by atomic mass is 10.0. The molecular weight excluding hydrogens is 194 g/mol. The summed E-state index contributed by atoms with van der Waals surface area (Å²) in [6.45, 7) is 1.69. The smallest absolute Gasteiger partial charge is 0.337 e. The summed E-state index contributed by atoms with van der Waals surface area (Å²) in [4.78, 5) is 10.8. The number of aliphatic hydroxyl groups excluding tert-OH is 1. The molecule has 0 spiro atoms. The van der Waals surface area contributed by atoms with Crippen LogP contribution in [0.15, 0.2) is 18.2 Å². The zero-order chi connectivity index (χ0) is 11.4. The molecule has 1 rings (SSSR count). The van der Waals surface area contributed by atoms with Gasteiger partial charge in [0.1, 0.15) is 0 Å². The average Bonchev–Trinajstić information content (AvgIpc) is 2.18. The molecule has 15 heavy (non-hydrogen) atoms. The second kappa shape index (κ2) is 4.61. The highest BCUT2D eigenvalue weighted by molar-refractivity contribution is 5.96. The topological polar surface area (TPSA) is 83.5 Å². The monoisotopic (exact) mass is 207 g/mol. The Morgan fingerprint density at radius 3 is 2.73 bits per heavy atom. The van der Waals surface area contributed by atoms with Gasteiger partial charge in [-0.15, -0.1) is 0 Å². The fraction of sp³-hybridized carbons (Fsp3) is 0.182. The van der Waals surface area contributed by atoms with E-state index in [9.17, 15) is 4.79 Å². The third-order valence-corrected chi connectivity index (χ3v) is 1.99. The summed E-state index contributed by atoms with van der Waals surface area (Å²) in [7, 11) is 0. The number of aryl methyl sites for hydroxylation is 1. The molecule has 0 fully saturated rings. The number of aliphatic hydroxyl groups is 1. The first-order valence-electron chi connectivity index (χ1n) is 4.47. The van der Waals surface area contributed by atoms with Gasteiger partial charge in [-0.3, -0.25) is 0 Å². The maximum absolute atomic E-state index is 10.8. The first-order chi connectivity index (χ1) is 7.06. The molecule has 0 heterocycles. The van der Waals surface area contributed by atoms with E-state index < -0.39 is 5.97 Å². The number of carboxylic acids is 1. The molecule has 0 bridgehead atoms. The molecule has 4 nitrogen and oxygen atoms in total. The third-order valence-electron chi connectivity index (χ3n) is 1.99. The molecule has 0 saturated heterocycles. The van der Waals surface area contributed by atoms with Gasteiger partial charge in [-0.25, -0.2) is 4.79 Å². The van der Waals surface area contributed by atoms with Gasteiger partial charge in [0, 0.05) is 0 Å². The van der Waals surface area contributed by atoms with Crippen molar-refractivity contribution >= 4 is 17.7 Å². The van der Waals surface area contributed by atoms with Crippen molar-refractivity contribution in [1.82, 2.24) is 0 Å². The molecule has 0 aliphatic carbocycles. The highest BCUT2D eigenvalue weighted by atomic mass is 16.4. The van der Waals surface area contributed by atoms with Gasteiger partial charge < -0.3 is 15.9 Å². The second-order valence-electron chi connectivity index (χ2n) is 3.21. The van der Waals surface area contributed by atoms with Crippen LogP contribution in [0, 0.1) is 6.92 Å². The molecule has 0 atom stereocenters. The van der Waals surface area contributed by atoms with Crippen LogP contribution in [-0.2, 0) is 0 Å². The minimum atomic E-state index is -1.05. The molecule has 1 aromatic rings. The van der Waals surface area contributed by atoms with Crippen LogP contribution in [0.25, 0.3) is 6.08 Å². The highest BCUT2D eigenvalue weighted by Gasteiger charge is 2.10. The van der Waals surface area contributed by atoms with Crippen LogP contribution in [0.4, 0.5) is 5.69 Å². The SMILES string of the molecule is Cc1cc(C=CCO)c(N)c(C(=O)O)c1. The Bertz CT molecular complexity index is 411. The Morgan fingerprint density at radius 2 is 2.20 bits per heavy atom. The molecule has 0 radical (unpaired) electrons. The van der Waals surface area contributed by atoms with E-state index in [1.807, 2.05) is 0 Å². The van der Waals surface area contributed by atoms with Crippen LogP contribution in [0.5, 0.6) is 0 Å². The van der Waals surface area contributed by atoms with Crippen LogP contribution < -0.4 is 5.73 Å². The number of aromatic carboxylic acids is 1. The van der Waals surface area contributed by atoms with E-state index in [1.54, 1.807) is 19.1 Å². The van der Waals surface area contributed by atoms with E-state index in [4.69, 9.17) is 15.9 Å². The van der Waals surface area contributed by atoms with E-state index in [0.29, 0.717) is 5.56 Å². The minimum Gasteiger partial charge on any atom is -0.478 e. The molecule has 0 aromatic heterocycles. The molecular formula is C11H13NO3. The highest BCUT2D eigenvalue weighted by Crippen LogP contribution is 2.21. The van der Waals surface area contributed by atoms with E-state index in [1.165, 1.54) is 12.1 Å². The summed E-state index contributed by atoms with van der Waals surface area (Å²) < 4.78 is 0. The lowest BCUT2D eigenvalue weighted by Gasteiger charge is -2.06. The number of carbonyl (C=O) groups is 1. The normalized spacial score (nSPS) is 10.8. The van der Waals surface area contributed by atoms with Gasteiger partial charge in [0.25, 0.3) is 0 Å². The van der Waals surface area contributed by atoms with Crippen LogP contribution in [0.1, 0.15) is 21.5 Å². The number of carboxylic acid groups (broad SMARTS) is 1. The van der Waals surface area contributed by atoms with Crippen molar-refractivity contribution in [3.8, 4) is 0 Å². The van der Waals surface area contributed by atoms with Gasteiger partial charge in [0.2, 0.25) is 0 Å². The summed E-state index contributed by atoms with van der Waals surface area (Å²) in [6, 6.07) is 3.29. The molecule has 1 aromatic carbocycles. The first-order valence-corrected chi connectivity index (χ1v) is 4.47. The number of hydrogen-bond acceptors (Lipinski definition) is 3. The van der Waals surface area contributed by atoms with E-state index in [0.717, 1.165) is 5.56 Å². The molecule has 80 valence electrons. The first kappa shape index (κ1) is 11.3. The summed E-state index contributed by atoms with van der Waals surface area (Å²) in [5, 5.41) is 17.5. The maximum atomic E-state index is 10.8. The number of rotatable bonds is 3. The van der Waals surface area contributed by atoms with Crippen LogP contribution >= 0.6 is 0 Å². The fourth-order valence-electron chi connectivity index (χ4n) is 1.32. The fourth-order valence-corrected chi connectivity index (χ4v) is 1.32. The average molecular weight is 207 g/mol. The van der Waals surface area contributed by atoms with Gasteiger partial charge in [-0.2, -0.15) is 0 Å².